The fourth-order valence-electron chi connectivity index (χ4n) is 4.19. The zero-order valence-electron chi connectivity index (χ0n) is 18.3. The number of anilines is 1. The maximum Gasteiger partial charge on any atom is 0.256 e. The van der Waals surface area contributed by atoms with Gasteiger partial charge in [-0.05, 0) is 66.0 Å². The van der Waals surface area contributed by atoms with Crippen LogP contribution in [0.4, 0.5) is 10.1 Å². The molecule has 0 N–H and O–H groups in total. The number of carbonyl (C=O) groups is 1. The second-order valence-corrected chi connectivity index (χ2v) is 8.93. The number of halogens is 1. The van der Waals surface area contributed by atoms with Gasteiger partial charge in [0.2, 0.25) is 0 Å². The molecule has 156 valence electrons. The zero-order valence-corrected chi connectivity index (χ0v) is 18.3. The lowest BCUT2D eigenvalue weighted by Crippen LogP contribution is -2.29. The number of nitrogens with zero attached hydrogens (tertiary/aromatic N) is 2. The van der Waals surface area contributed by atoms with Crippen LogP contribution in [0.5, 0.6) is 0 Å². The predicted octanol–water partition coefficient (Wildman–Crippen LogP) is 5.67. The van der Waals surface area contributed by atoms with E-state index in [9.17, 15) is 9.18 Å². The molecular formula is C25H33FN2O. The summed E-state index contributed by atoms with van der Waals surface area (Å²) in [6.45, 7) is 7.72. The molecule has 29 heavy (non-hydrogen) atoms. The molecule has 0 aliphatic carbocycles. The highest BCUT2D eigenvalue weighted by Gasteiger charge is 2.29. The molecule has 0 radical (unpaired) electrons. The van der Waals surface area contributed by atoms with Crippen molar-refractivity contribution in [1.82, 2.24) is 4.90 Å². The van der Waals surface area contributed by atoms with Crippen molar-refractivity contribution in [2.24, 2.45) is 5.92 Å². The summed E-state index contributed by atoms with van der Waals surface area (Å²) in [6.07, 6.45) is 2.02. The van der Waals surface area contributed by atoms with Crippen molar-refractivity contribution in [2.45, 2.75) is 45.4 Å². The normalized spacial score (nSPS) is 17.6. The van der Waals surface area contributed by atoms with Crippen LogP contribution in [0, 0.1) is 11.7 Å². The van der Waals surface area contributed by atoms with Gasteiger partial charge in [0.25, 0.3) is 5.91 Å². The van der Waals surface area contributed by atoms with E-state index in [4.69, 9.17) is 0 Å². The van der Waals surface area contributed by atoms with Crippen molar-refractivity contribution >= 4 is 11.6 Å². The van der Waals surface area contributed by atoms with Crippen LogP contribution in [0.3, 0.4) is 0 Å². The molecule has 4 heteroatoms. The maximum absolute atomic E-state index is 14.5. The smallest absolute Gasteiger partial charge is 0.256 e. The Morgan fingerprint density at radius 1 is 1.14 bits per heavy atom. The van der Waals surface area contributed by atoms with E-state index in [1.807, 2.05) is 24.8 Å². The van der Waals surface area contributed by atoms with E-state index in [0.29, 0.717) is 24.9 Å². The van der Waals surface area contributed by atoms with Crippen LogP contribution < -0.4 is 4.90 Å². The zero-order chi connectivity index (χ0) is 21.1. The topological polar surface area (TPSA) is 23.6 Å². The highest BCUT2D eigenvalue weighted by atomic mass is 19.1. The van der Waals surface area contributed by atoms with E-state index in [1.165, 1.54) is 17.3 Å². The van der Waals surface area contributed by atoms with Crippen molar-refractivity contribution in [3.63, 3.8) is 0 Å². The van der Waals surface area contributed by atoms with E-state index in [0.717, 1.165) is 18.4 Å². The molecule has 0 saturated carbocycles. The first-order chi connectivity index (χ1) is 13.8. The molecule has 0 aromatic heterocycles. The molecule has 1 saturated heterocycles. The molecule has 1 heterocycles. The van der Waals surface area contributed by atoms with Crippen molar-refractivity contribution in [1.29, 1.82) is 0 Å². The summed E-state index contributed by atoms with van der Waals surface area (Å²) >= 11 is 0. The molecule has 3 nitrogen and oxygen atoms in total. The number of benzene rings is 2. The van der Waals surface area contributed by atoms with Crippen LogP contribution in [0.15, 0.2) is 42.5 Å². The number of hydrogen-bond acceptors (Lipinski definition) is 2. The lowest BCUT2D eigenvalue weighted by atomic mass is 9.89. The average molecular weight is 397 g/mol. The van der Waals surface area contributed by atoms with Gasteiger partial charge in [0.15, 0.2) is 0 Å². The van der Waals surface area contributed by atoms with Gasteiger partial charge < -0.3 is 9.80 Å². The van der Waals surface area contributed by atoms with Gasteiger partial charge in [-0.15, -0.1) is 0 Å². The number of likely N-dealkylation sites (tertiary alicyclic amines) is 1. The average Bonchev–Trinajstić information content (AvgIpc) is 3.15. The van der Waals surface area contributed by atoms with Crippen LogP contribution in [0.25, 0.3) is 0 Å². The van der Waals surface area contributed by atoms with Crippen LogP contribution in [-0.4, -0.2) is 38.0 Å². The van der Waals surface area contributed by atoms with Gasteiger partial charge in [-0.3, -0.25) is 4.79 Å². The Kier molecular flexibility index (Phi) is 6.61. The predicted molar refractivity (Wildman–Crippen MR) is 118 cm³/mol. The maximum atomic E-state index is 14.5. The van der Waals surface area contributed by atoms with E-state index in [-0.39, 0.29) is 17.4 Å². The molecule has 1 aliphatic rings. The van der Waals surface area contributed by atoms with Gasteiger partial charge in [-0.1, -0.05) is 39.0 Å². The van der Waals surface area contributed by atoms with Gasteiger partial charge in [-0.2, -0.15) is 0 Å². The van der Waals surface area contributed by atoms with Crippen LogP contribution in [-0.2, 0) is 0 Å². The highest BCUT2D eigenvalue weighted by Crippen LogP contribution is 2.31. The minimum absolute atomic E-state index is 0.178. The van der Waals surface area contributed by atoms with Gasteiger partial charge >= 0.3 is 0 Å². The van der Waals surface area contributed by atoms with E-state index in [2.05, 4.69) is 50.2 Å². The van der Waals surface area contributed by atoms with Gasteiger partial charge in [0.1, 0.15) is 5.82 Å². The molecular weight excluding hydrogens is 363 g/mol. The molecule has 2 unspecified atom stereocenters. The first kappa shape index (κ1) is 21.4. The number of hydrogen-bond donors (Lipinski definition) is 0. The molecule has 2 aromatic carbocycles. The fourth-order valence-corrected chi connectivity index (χ4v) is 4.19. The summed E-state index contributed by atoms with van der Waals surface area (Å²) in [4.78, 5) is 16.8. The monoisotopic (exact) mass is 396 g/mol. The van der Waals surface area contributed by atoms with Crippen LogP contribution >= 0.6 is 0 Å². The summed E-state index contributed by atoms with van der Waals surface area (Å²) < 4.78 is 14.5. The van der Waals surface area contributed by atoms with Crippen LogP contribution in [0.1, 0.15) is 66.9 Å². The molecule has 1 aliphatic heterocycles. The standard InChI is InChI=1S/C25H33FN2O/c1-17(2)20-9-10-23(24(26)15-20)25(29)28-12-11-19(16-28)13-18(3)21-7-6-8-22(14-21)27(4)5/h6-10,14-15,17-19H,11-13,16H2,1-5H3. The third-order valence-electron chi connectivity index (χ3n) is 6.11. The lowest BCUT2D eigenvalue weighted by Gasteiger charge is -2.21. The highest BCUT2D eigenvalue weighted by molar-refractivity contribution is 5.94. The molecule has 3 rings (SSSR count). The van der Waals surface area contributed by atoms with Gasteiger partial charge in [0, 0.05) is 32.9 Å². The summed E-state index contributed by atoms with van der Waals surface area (Å²) in [5.41, 5.74) is 3.66. The third kappa shape index (κ3) is 4.98. The Morgan fingerprint density at radius 3 is 2.55 bits per heavy atom. The molecule has 2 aromatic rings. The molecule has 1 amide bonds. The quantitative estimate of drug-likeness (QED) is 0.628. The molecule has 2 atom stereocenters. The molecule has 1 fully saturated rings. The minimum atomic E-state index is -0.404. The van der Waals surface area contributed by atoms with Crippen molar-refractivity contribution in [2.75, 3.05) is 32.1 Å². The Labute approximate surface area is 174 Å². The second-order valence-electron chi connectivity index (χ2n) is 8.93. The lowest BCUT2D eigenvalue weighted by molar-refractivity contribution is 0.0781. The van der Waals surface area contributed by atoms with Gasteiger partial charge in [-0.25, -0.2) is 4.39 Å². The second kappa shape index (κ2) is 8.98. The summed E-state index contributed by atoms with van der Waals surface area (Å²) in [6, 6.07) is 13.7. The summed E-state index contributed by atoms with van der Waals surface area (Å²) in [5.74, 6) is 0.547. The van der Waals surface area contributed by atoms with E-state index < -0.39 is 5.82 Å². The summed E-state index contributed by atoms with van der Waals surface area (Å²) in [7, 11) is 4.11. The van der Waals surface area contributed by atoms with Crippen molar-refractivity contribution < 1.29 is 9.18 Å². The van der Waals surface area contributed by atoms with Gasteiger partial charge in [0.05, 0.1) is 5.56 Å². The van der Waals surface area contributed by atoms with Crippen molar-refractivity contribution in [3.8, 4) is 0 Å². The number of rotatable bonds is 6. The first-order valence-electron chi connectivity index (χ1n) is 10.6. The fraction of sp³-hybridized carbons (Fsp3) is 0.480. The first-order valence-corrected chi connectivity index (χ1v) is 10.6. The number of carbonyl (C=O) groups excluding carboxylic acids is 1. The molecule has 0 spiro atoms. The molecule has 0 bridgehead atoms. The largest absolute Gasteiger partial charge is 0.378 e. The number of amides is 1. The Bertz CT molecular complexity index is 862. The Hall–Kier alpha value is -2.36. The third-order valence-corrected chi connectivity index (χ3v) is 6.11. The Morgan fingerprint density at radius 2 is 1.90 bits per heavy atom. The minimum Gasteiger partial charge on any atom is -0.378 e. The van der Waals surface area contributed by atoms with E-state index >= 15 is 0 Å². The van der Waals surface area contributed by atoms with Crippen molar-refractivity contribution in [3.05, 3.63) is 65.0 Å². The van der Waals surface area contributed by atoms with Crippen LogP contribution in [0.2, 0.25) is 0 Å². The van der Waals surface area contributed by atoms with E-state index in [1.54, 1.807) is 6.07 Å². The Balaban J connectivity index is 1.63. The summed E-state index contributed by atoms with van der Waals surface area (Å²) in [5, 5.41) is 0. The SMILES string of the molecule is CC(C)c1ccc(C(=O)N2CCC(CC(C)c3cccc(N(C)C)c3)C2)c(F)c1.